The molecule has 1 atom stereocenters. The van der Waals surface area contributed by atoms with Gasteiger partial charge in [-0.2, -0.15) is 0 Å². The fourth-order valence-electron chi connectivity index (χ4n) is 1.72. The van der Waals surface area contributed by atoms with Crippen LogP contribution in [-0.2, 0) is 6.42 Å². The number of aromatic hydroxyl groups is 1. The van der Waals surface area contributed by atoms with Gasteiger partial charge in [0.2, 0.25) is 0 Å². The molecule has 2 bridgehead atoms. The fraction of sp³-hybridized carbons (Fsp3) is 0.400. The average molecular weight is 164 g/mol. The molecule has 0 aliphatic heterocycles. The Labute approximate surface area is 71.5 Å². The van der Waals surface area contributed by atoms with Crippen molar-refractivity contribution < 1.29 is 10.2 Å². The maximum atomic E-state index is 9.64. The molecule has 0 fully saturated rings. The highest BCUT2D eigenvalue weighted by Crippen LogP contribution is 2.34. The van der Waals surface area contributed by atoms with Gasteiger partial charge in [0.1, 0.15) is 5.75 Å². The van der Waals surface area contributed by atoms with E-state index >= 15 is 0 Å². The number of fused-ring (bicyclic) bond motifs is 2. The van der Waals surface area contributed by atoms with Crippen molar-refractivity contribution in [3.8, 4) is 5.75 Å². The van der Waals surface area contributed by atoms with Crippen LogP contribution in [0.2, 0.25) is 0 Å². The van der Waals surface area contributed by atoms with Gasteiger partial charge in [0.05, 0.1) is 6.10 Å². The van der Waals surface area contributed by atoms with Gasteiger partial charge in [0.15, 0.2) is 0 Å². The largest absolute Gasteiger partial charge is 0.507 e. The summed E-state index contributed by atoms with van der Waals surface area (Å²) in [5.41, 5.74) is 1.65. The molecule has 1 unspecified atom stereocenters. The minimum absolute atomic E-state index is 0.294. The lowest BCUT2D eigenvalue weighted by Crippen LogP contribution is -1.94. The van der Waals surface area contributed by atoms with Crippen molar-refractivity contribution in [2.75, 3.05) is 0 Å². The zero-order valence-corrected chi connectivity index (χ0v) is 6.83. The lowest BCUT2D eigenvalue weighted by Gasteiger charge is -2.08. The summed E-state index contributed by atoms with van der Waals surface area (Å²) in [6.45, 7) is 0. The molecule has 1 aromatic rings. The molecule has 2 heteroatoms. The van der Waals surface area contributed by atoms with Crippen LogP contribution in [0.25, 0.3) is 0 Å². The van der Waals surface area contributed by atoms with Crippen LogP contribution in [0.1, 0.15) is 30.1 Å². The number of phenols is 1. The summed E-state index contributed by atoms with van der Waals surface area (Å²) in [5, 5.41) is 19.2. The molecule has 0 saturated carbocycles. The summed E-state index contributed by atoms with van der Waals surface area (Å²) in [4.78, 5) is 0. The van der Waals surface area contributed by atoms with Crippen LogP contribution in [0.15, 0.2) is 18.2 Å². The number of aliphatic hydroxyl groups excluding tert-OH is 1. The first-order valence-corrected chi connectivity index (χ1v) is 4.28. The Morgan fingerprint density at radius 3 is 3.00 bits per heavy atom. The van der Waals surface area contributed by atoms with E-state index in [0.717, 1.165) is 24.8 Å². The summed E-state index contributed by atoms with van der Waals surface area (Å²) in [5.74, 6) is 0.294. The van der Waals surface area contributed by atoms with Crippen LogP contribution in [-0.4, -0.2) is 10.2 Å². The highest BCUT2D eigenvalue weighted by atomic mass is 16.3. The number of para-hydroxylation sites is 1. The van der Waals surface area contributed by atoms with E-state index in [1.165, 1.54) is 0 Å². The minimum Gasteiger partial charge on any atom is -0.507 e. The second-order valence-corrected chi connectivity index (χ2v) is 3.26. The van der Waals surface area contributed by atoms with Gasteiger partial charge >= 0.3 is 0 Å². The number of rotatable bonds is 0. The van der Waals surface area contributed by atoms with Crippen LogP contribution in [0, 0.1) is 0 Å². The standard InChI is InChI=1S/C10H12O2/c11-9-6-2-4-7-3-1-5-8(9)10(7)12/h1,3,5,9,11-12H,2,4,6H2. The first kappa shape index (κ1) is 7.62. The first-order valence-electron chi connectivity index (χ1n) is 4.28. The van der Waals surface area contributed by atoms with Gasteiger partial charge < -0.3 is 10.2 Å². The SMILES string of the molecule is Oc1c2cccc1C(O)CCC2. The van der Waals surface area contributed by atoms with E-state index in [2.05, 4.69) is 0 Å². The van der Waals surface area contributed by atoms with Gasteiger partial charge in [-0.3, -0.25) is 0 Å². The Morgan fingerprint density at radius 1 is 1.33 bits per heavy atom. The molecule has 0 amide bonds. The third kappa shape index (κ3) is 1.08. The Kier molecular flexibility index (Phi) is 1.77. The van der Waals surface area contributed by atoms with Gasteiger partial charge in [0, 0.05) is 5.56 Å². The lowest BCUT2D eigenvalue weighted by atomic mass is 10.1. The summed E-state index contributed by atoms with van der Waals surface area (Å²) in [6, 6.07) is 5.59. The van der Waals surface area contributed by atoms with Crippen molar-refractivity contribution >= 4 is 0 Å². The zero-order valence-electron chi connectivity index (χ0n) is 6.83. The lowest BCUT2D eigenvalue weighted by molar-refractivity contribution is 0.164. The van der Waals surface area contributed by atoms with E-state index in [0.29, 0.717) is 11.3 Å². The van der Waals surface area contributed by atoms with Crippen molar-refractivity contribution in [2.24, 2.45) is 0 Å². The quantitative estimate of drug-likeness (QED) is 0.613. The number of aliphatic hydroxyl groups is 1. The molecule has 2 rings (SSSR count). The van der Waals surface area contributed by atoms with Gasteiger partial charge in [0.25, 0.3) is 0 Å². The molecule has 12 heavy (non-hydrogen) atoms. The average Bonchev–Trinajstić information content (AvgIpc) is 2.18. The Bertz CT molecular complexity index is 294. The Hall–Kier alpha value is -1.02. The van der Waals surface area contributed by atoms with Crippen molar-refractivity contribution in [1.82, 2.24) is 0 Å². The minimum atomic E-state index is -0.479. The highest BCUT2D eigenvalue weighted by molar-refractivity contribution is 5.42. The number of phenolic OH excluding ortho intramolecular Hbond substituents is 1. The molecule has 0 radical (unpaired) electrons. The topological polar surface area (TPSA) is 40.5 Å². The van der Waals surface area contributed by atoms with E-state index < -0.39 is 6.10 Å². The predicted octanol–water partition coefficient (Wildman–Crippen LogP) is 1.76. The molecule has 1 aromatic carbocycles. The molecule has 64 valence electrons. The second kappa shape index (κ2) is 2.79. The third-order valence-corrected chi connectivity index (χ3v) is 2.43. The Morgan fingerprint density at radius 2 is 2.17 bits per heavy atom. The van der Waals surface area contributed by atoms with Gasteiger partial charge in [-0.1, -0.05) is 18.2 Å². The van der Waals surface area contributed by atoms with Gasteiger partial charge in [-0.05, 0) is 24.8 Å². The van der Waals surface area contributed by atoms with Crippen LogP contribution < -0.4 is 0 Å². The maximum Gasteiger partial charge on any atom is 0.124 e. The second-order valence-electron chi connectivity index (χ2n) is 3.26. The van der Waals surface area contributed by atoms with Crippen LogP contribution in [0.3, 0.4) is 0 Å². The smallest absolute Gasteiger partial charge is 0.124 e. The molecule has 0 heterocycles. The van der Waals surface area contributed by atoms with E-state index in [9.17, 15) is 10.2 Å². The molecule has 0 spiro atoms. The number of aryl methyl sites for hydroxylation is 1. The van der Waals surface area contributed by atoms with E-state index in [-0.39, 0.29) is 0 Å². The summed E-state index contributed by atoms with van der Waals surface area (Å²) >= 11 is 0. The fourth-order valence-corrected chi connectivity index (χ4v) is 1.72. The van der Waals surface area contributed by atoms with Crippen LogP contribution in [0.5, 0.6) is 5.75 Å². The van der Waals surface area contributed by atoms with E-state index in [1.807, 2.05) is 12.1 Å². The molecule has 0 aromatic heterocycles. The molecule has 1 aliphatic carbocycles. The van der Waals surface area contributed by atoms with Crippen molar-refractivity contribution in [2.45, 2.75) is 25.4 Å². The first-order chi connectivity index (χ1) is 5.79. The molecule has 2 N–H and O–H groups in total. The molecule has 0 saturated heterocycles. The van der Waals surface area contributed by atoms with Gasteiger partial charge in [-0.15, -0.1) is 0 Å². The number of benzene rings is 1. The normalized spacial score (nSPS) is 21.9. The molecule has 1 aliphatic rings. The summed E-state index contributed by atoms with van der Waals surface area (Å²) < 4.78 is 0. The number of hydrogen-bond donors (Lipinski definition) is 2. The predicted molar refractivity (Wildman–Crippen MR) is 46.0 cm³/mol. The summed E-state index contributed by atoms with van der Waals surface area (Å²) in [6.07, 6.45) is 2.09. The molecular weight excluding hydrogens is 152 g/mol. The third-order valence-electron chi connectivity index (χ3n) is 2.43. The van der Waals surface area contributed by atoms with Crippen LogP contribution >= 0.6 is 0 Å². The maximum absolute atomic E-state index is 9.64. The van der Waals surface area contributed by atoms with Gasteiger partial charge in [-0.25, -0.2) is 0 Å². The Balaban J connectivity index is 2.54. The van der Waals surface area contributed by atoms with E-state index in [1.54, 1.807) is 6.07 Å². The van der Waals surface area contributed by atoms with Crippen molar-refractivity contribution in [3.63, 3.8) is 0 Å². The van der Waals surface area contributed by atoms with Crippen molar-refractivity contribution in [3.05, 3.63) is 29.3 Å². The van der Waals surface area contributed by atoms with E-state index in [4.69, 9.17) is 0 Å². The number of hydrogen-bond acceptors (Lipinski definition) is 2. The van der Waals surface area contributed by atoms with Crippen molar-refractivity contribution in [1.29, 1.82) is 0 Å². The molecule has 2 nitrogen and oxygen atoms in total. The summed E-state index contributed by atoms with van der Waals surface area (Å²) in [7, 11) is 0. The van der Waals surface area contributed by atoms with Crippen LogP contribution in [0.4, 0.5) is 0 Å². The monoisotopic (exact) mass is 164 g/mol. The zero-order chi connectivity index (χ0) is 8.55. The highest BCUT2D eigenvalue weighted by Gasteiger charge is 2.18. The molecular formula is C10H12O2.